The van der Waals surface area contributed by atoms with E-state index >= 15 is 0 Å². The van der Waals surface area contributed by atoms with Gasteiger partial charge in [0, 0.05) is 24.7 Å². The van der Waals surface area contributed by atoms with E-state index in [1.165, 1.54) is 29.4 Å². The lowest BCUT2D eigenvalue weighted by atomic mass is 10.1. The fourth-order valence-corrected chi connectivity index (χ4v) is 4.26. The van der Waals surface area contributed by atoms with Gasteiger partial charge >= 0.3 is 0 Å². The van der Waals surface area contributed by atoms with Gasteiger partial charge in [-0.05, 0) is 38.9 Å². The van der Waals surface area contributed by atoms with Crippen molar-refractivity contribution in [3.8, 4) is 0 Å². The molecule has 1 N–H and O–H groups in total. The van der Waals surface area contributed by atoms with E-state index in [0.29, 0.717) is 0 Å². The van der Waals surface area contributed by atoms with Gasteiger partial charge in [-0.2, -0.15) is 4.31 Å². The highest BCUT2D eigenvalue weighted by Crippen LogP contribution is 2.28. The van der Waals surface area contributed by atoms with Crippen molar-refractivity contribution in [3.05, 3.63) is 33.9 Å². The van der Waals surface area contributed by atoms with E-state index in [4.69, 9.17) is 0 Å². The maximum Gasteiger partial charge on any atom is 0.273 e. The van der Waals surface area contributed by atoms with E-state index in [1.54, 1.807) is 7.05 Å². The topological polar surface area (TPSA) is 92.5 Å². The number of nitrogens with one attached hydrogen (secondary N) is 1. The van der Waals surface area contributed by atoms with Gasteiger partial charge in [-0.15, -0.1) is 12.4 Å². The van der Waals surface area contributed by atoms with Crippen LogP contribution in [0.25, 0.3) is 0 Å². The Morgan fingerprint density at radius 1 is 1.32 bits per heavy atom. The molecule has 0 aliphatic carbocycles. The lowest BCUT2D eigenvalue weighted by molar-refractivity contribution is -0.385. The van der Waals surface area contributed by atoms with Crippen LogP contribution in [0.5, 0.6) is 0 Å². The third-order valence-corrected chi connectivity index (χ3v) is 5.99. The molecule has 1 aromatic carbocycles. The second-order valence-electron chi connectivity index (χ2n) is 5.16. The maximum absolute atomic E-state index is 12.7. The molecule has 1 aliphatic rings. The number of nitro groups is 1. The van der Waals surface area contributed by atoms with Gasteiger partial charge in [-0.3, -0.25) is 10.1 Å². The molecule has 0 amide bonds. The number of hydrogen-bond acceptors (Lipinski definition) is 5. The van der Waals surface area contributed by atoms with Crippen LogP contribution in [0.15, 0.2) is 23.1 Å². The summed E-state index contributed by atoms with van der Waals surface area (Å²) >= 11 is 0. The number of nitro benzene ring substituents is 1. The average Bonchev–Trinajstić information content (AvgIpc) is 2.47. The Bertz CT molecular complexity index is 645. The minimum absolute atomic E-state index is 0. The van der Waals surface area contributed by atoms with Crippen molar-refractivity contribution in [2.24, 2.45) is 0 Å². The summed E-state index contributed by atoms with van der Waals surface area (Å²) in [4.78, 5) is 10.4. The first-order chi connectivity index (χ1) is 9.85. The molecule has 0 spiro atoms. The van der Waals surface area contributed by atoms with Gasteiger partial charge in [-0.25, -0.2) is 8.42 Å². The first-order valence-electron chi connectivity index (χ1n) is 6.78. The molecule has 124 valence electrons. The minimum Gasteiger partial charge on any atom is -0.317 e. The van der Waals surface area contributed by atoms with Gasteiger partial charge in [0.15, 0.2) is 0 Å². The number of nitrogens with zero attached hydrogens (tertiary/aromatic N) is 2. The SMILES string of the molecule is Cc1c([N+](=O)[O-])cccc1S(=O)(=O)N(C)C1CCNCC1.Cl. The van der Waals surface area contributed by atoms with Gasteiger partial charge in [-0.1, -0.05) is 6.07 Å². The molecule has 0 unspecified atom stereocenters. The first-order valence-corrected chi connectivity index (χ1v) is 8.22. The fraction of sp³-hybridized carbons (Fsp3) is 0.538. The van der Waals surface area contributed by atoms with Gasteiger partial charge in [0.05, 0.1) is 9.82 Å². The molecule has 1 saturated heterocycles. The smallest absolute Gasteiger partial charge is 0.273 e. The zero-order chi connectivity index (χ0) is 15.6. The lowest BCUT2D eigenvalue weighted by Crippen LogP contribution is -2.44. The number of benzene rings is 1. The summed E-state index contributed by atoms with van der Waals surface area (Å²) in [6, 6.07) is 4.08. The van der Waals surface area contributed by atoms with Crippen molar-refractivity contribution in [2.45, 2.75) is 30.7 Å². The Morgan fingerprint density at radius 2 is 1.91 bits per heavy atom. The molecular formula is C13H20ClN3O4S. The maximum atomic E-state index is 12.7. The summed E-state index contributed by atoms with van der Waals surface area (Å²) in [5, 5.41) is 14.1. The number of halogens is 1. The third kappa shape index (κ3) is 3.57. The number of hydrogen-bond donors (Lipinski definition) is 1. The molecule has 1 heterocycles. The summed E-state index contributed by atoms with van der Waals surface area (Å²) in [5.74, 6) is 0. The van der Waals surface area contributed by atoms with E-state index in [2.05, 4.69) is 5.32 Å². The van der Waals surface area contributed by atoms with Crippen LogP contribution >= 0.6 is 12.4 Å². The monoisotopic (exact) mass is 349 g/mol. The minimum atomic E-state index is -3.72. The van der Waals surface area contributed by atoms with Crippen molar-refractivity contribution in [3.63, 3.8) is 0 Å². The standard InChI is InChI=1S/C13H19N3O4S.ClH/c1-10-12(16(17)18)4-3-5-13(10)21(19,20)15(2)11-6-8-14-9-7-11;/h3-5,11,14H,6-9H2,1-2H3;1H. The largest absolute Gasteiger partial charge is 0.317 e. The predicted molar refractivity (Wildman–Crippen MR) is 85.9 cm³/mol. The van der Waals surface area contributed by atoms with Crippen LogP contribution in [0.4, 0.5) is 5.69 Å². The second kappa shape index (κ2) is 7.36. The molecule has 1 aromatic rings. The second-order valence-corrected chi connectivity index (χ2v) is 7.13. The number of rotatable bonds is 4. The molecule has 1 fully saturated rings. The molecular weight excluding hydrogens is 330 g/mol. The van der Waals surface area contributed by atoms with Gasteiger partial charge in [0.1, 0.15) is 0 Å². The molecule has 0 bridgehead atoms. The molecule has 0 aromatic heterocycles. The summed E-state index contributed by atoms with van der Waals surface area (Å²) in [6.45, 7) is 3.03. The fourth-order valence-electron chi connectivity index (χ4n) is 2.60. The summed E-state index contributed by atoms with van der Waals surface area (Å²) < 4.78 is 26.8. The third-order valence-electron chi connectivity index (χ3n) is 3.93. The molecule has 1 aliphatic heterocycles. The average molecular weight is 350 g/mol. The number of piperidine rings is 1. The highest BCUT2D eigenvalue weighted by Gasteiger charge is 2.31. The zero-order valence-electron chi connectivity index (χ0n) is 12.5. The van der Waals surface area contributed by atoms with Gasteiger partial charge in [0.2, 0.25) is 10.0 Å². The molecule has 2 rings (SSSR count). The Balaban J connectivity index is 0.00000242. The van der Waals surface area contributed by atoms with Crippen LogP contribution in [-0.2, 0) is 10.0 Å². The van der Waals surface area contributed by atoms with E-state index in [1.807, 2.05) is 0 Å². The van der Waals surface area contributed by atoms with Crippen molar-refractivity contribution in [1.29, 1.82) is 0 Å². The van der Waals surface area contributed by atoms with Crippen molar-refractivity contribution in [2.75, 3.05) is 20.1 Å². The van der Waals surface area contributed by atoms with Crippen LogP contribution in [0, 0.1) is 17.0 Å². The highest BCUT2D eigenvalue weighted by atomic mass is 35.5. The van der Waals surface area contributed by atoms with Crippen LogP contribution in [0.3, 0.4) is 0 Å². The summed E-state index contributed by atoms with van der Waals surface area (Å²) in [7, 11) is -2.18. The molecule has 0 atom stereocenters. The quantitative estimate of drug-likeness (QED) is 0.659. The highest BCUT2D eigenvalue weighted by molar-refractivity contribution is 7.89. The van der Waals surface area contributed by atoms with Crippen LogP contribution in [0.2, 0.25) is 0 Å². The van der Waals surface area contributed by atoms with E-state index in [-0.39, 0.29) is 34.6 Å². The van der Waals surface area contributed by atoms with E-state index in [0.717, 1.165) is 25.9 Å². The van der Waals surface area contributed by atoms with Gasteiger partial charge < -0.3 is 5.32 Å². The first kappa shape index (κ1) is 18.8. The summed E-state index contributed by atoms with van der Waals surface area (Å²) in [5.41, 5.74) is 0.0121. The van der Waals surface area contributed by atoms with Crippen molar-refractivity contribution in [1.82, 2.24) is 9.62 Å². The molecule has 0 saturated carbocycles. The number of sulfonamides is 1. The van der Waals surface area contributed by atoms with E-state index < -0.39 is 14.9 Å². The Kier molecular flexibility index (Phi) is 6.30. The van der Waals surface area contributed by atoms with Gasteiger partial charge in [0.25, 0.3) is 5.69 Å². The Morgan fingerprint density at radius 3 is 2.45 bits per heavy atom. The van der Waals surface area contributed by atoms with Crippen molar-refractivity contribution < 1.29 is 13.3 Å². The van der Waals surface area contributed by atoms with Crippen molar-refractivity contribution >= 4 is 28.1 Å². The van der Waals surface area contributed by atoms with E-state index in [9.17, 15) is 18.5 Å². The Hall–Kier alpha value is -1.22. The van der Waals surface area contributed by atoms with Crippen LogP contribution in [0.1, 0.15) is 18.4 Å². The molecule has 9 heteroatoms. The normalized spacial score (nSPS) is 16.3. The molecule has 22 heavy (non-hydrogen) atoms. The molecule has 0 radical (unpaired) electrons. The predicted octanol–water partition coefficient (Wildman–Crippen LogP) is 1.70. The zero-order valence-corrected chi connectivity index (χ0v) is 14.1. The summed E-state index contributed by atoms with van der Waals surface area (Å²) in [6.07, 6.45) is 1.48. The Labute approximate surface area is 136 Å². The van der Waals surface area contributed by atoms with Crippen LogP contribution < -0.4 is 5.32 Å². The molecule has 7 nitrogen and oxygen atoms in total. The lowest BCUT2D eigenvalue weighted by Gasteiger charge is -2.31. The van der Waals surface area contributed by atoms with Crippen LogP contribution in [-0.4, -0.2) is 43.8 Å².